The van der Waals surface area contributed by atoms with Gasteiger partial charge in [0, 0.05) is 6.08 Å². The van der Waals surface area contributed by atoms with Crippen LogP contribution in [0.5, 0.6) is 0 Å². The Morgan fingerprint density at radius 3 is 1.32 bits per heavy atom. The molecule has 2 heteroatoms. The SMILES string of the molecule is C=CC(=O)OC(C)CCCCCCCCCCCCCCCCCCCCC. The Morgan fingerprint density at radius 2 is 1.00 bits per heavy atom. The summed E-state index contributed by atoms with van der Waals surface area (Å²) in [5.41, 5.74) is 0. The largest absolute Gasteiger partial charge is 0.460 e. The minimum absolute atomic E-state index is 0.0243. The minimum Gasteiger partial charge on any atom is -0.460 e. The van der Waals surface area contributed by atoms with Crippen LogP contribution in [-0.2, 0) is 9.53 Å². The predicted molar refractivity (Wildman–Crippen MR) is 124 cm³/mol. The van der Waals surface area contributed by atoms with E-state index in [1.165, 1.54) is 122 Å². The summed E-state index contributed by atoms with van der Waals surface area (Å²) in [7, 11) is 0. The number of carbonyl (C=O) groups excluding carboxylic acids is 1. The van der Waals surface area contributed by atoms with E-state index in [4.69, 9.17) is 4.74 Å². The van der Waals surface area contributed by atoms with Gasteiger partial charge < -0.3 is 4.74 Å². The van der Waals surface area contributed by atoms with Gasteiger partial charge in [0.05, 0.1) is 6.10 Å². The van der Waals surface area contributed by atoms with Gasteiger partial charge in [-0.05, 0) is 19.8 Å². The van der Waals surface area contributed by atoms with Gasteiger partial charge in [-0.25, -0.2) is 4.79 Å². The normalized spacial score (nSPS) is 12.1. The fourth-order valence-electron chi connectivity index (χ4n) is 3.82. The Hall–Kier alpha value is -0.790. The second-order valence-electron chi connectivity index (χ2n) is 8.60. The maximum Gasteiger partial charge on any atom is 0.330 e. The zero-order valence-corrected chi connectivity index (χ0v) is 19.3. The highest BCUT2D eigenvalue weighted by atomic mass is 16.5. The molecule has 0 N–H and O–H groups in total. The molecule has 0 aromatic rings. The highest BCUT2D eigenvalue weighted by Crippen LogP contribution is 2.15. The van der Waals surface area contributed by atoms with Crippen LogP contribution in [0.25, 0.3) is 0 Å². The molecule has 0 aliphatic carbocycles. The molecule has 0 bridgehead atoms. The second-order valence-corrected chi connectivity index (χ2v) is 8.60. The summed E-state index contributed by atoms with van der Waals surface area (Å²) in [6.45, 7) is 7.68. The lowest BCUT2D eigenvalue weighted by molar-refractivity contribution is -0.142. The van der Waals surface area contributed by atoms with Crippen molar-refractivity contribution in [2.24, 2.45) is 0 Å². The molecule has 0 aromatic heterocycles. The van der Waals surface area contributed by atoms with Gasteiger partial charge in [0.25, 0.3) is 0 Å². The van der Waals surface area contributed by atoms with Crippen LogP contribution in [0, 0.1) is 0 Å². The summed E-state index contributed by atoms with van der Waals surface area (Å²) in [5, 5.41) is 0. The van der Waals surface area contributed by atoms with Crippen LogP contribution >= 0.6 is 0 Å². The van der Waals surface area contributed by atoms with Crippen molar-refractivity contribution < 1.29 is 9.53 Å². The van der Waals surface area contributed by atoms with E-state index in [0.717, 1.165) is 12.8 Å². The van der Waals surface area contributed by atoms with Crippen LogP contribution in [-0.4, -0.2) is 12.1 Å². The lowest BCUT2D eigenvalue weighted by Crippen LogP contribution is -2.12. The molecule has 0 aromatic carbocycles. The molecule has 0 heterocycles. The predicted octanol–water partition coefficient (Wildman–Crippen LogP) is 8.93. The van der Waals surface area contributed by atoms with Crippen molar-refractivity contribution in [3.05, 3.63) is 12.7 Å². The monoisotopic (exact) mass is 394 g/mol. The first-order valence-corrected chi connectivity index (χ1v) is 12.5. The van der Waals surface area contributed by atoms with E-state index in [1.54, 1.807) is 0 Å². The van der Waals surface area contributed by atoms with Crippen molar-refractivity contribution in [3.8, 4) is 0 Å². The Bertz CT molecular complexity index is 337. The van der Waals surface area contributed by atoms with Crippen LogP contribution < -0.4 is 0 Å². The van der Waals surface area contributed by atoms with E-state index < -0.39 is 0 Å². The third kappa shape index (κ3) is 21.5. The number of carbonyl (C=O) groups is 1. The van der Waals surface area contributed by atoms with Crippen LogP contribution in [0.1, 0.15) is 142 Å². The van der Waals surface area contributed by atoms with Gasteiger partial charge in [-0.3, -0.25) is 0 Å². The minimum atomic E-state index is -0.301. The molecule has 1 unspecified atom stereocenters. The number of rotatable bonds is 22. The first-order chi connectivity index (χ1) is 13.7. The van der Waals surface area contributed by atoms with Crippen molar-refractivity contribution in [2.75, 3.05) is 0 Å². The van der Waals surface area contributed by atoms with Crippen molar-refractivity contribution in [2.45, 2.75) is 148 Å². The fourth-order valence-corrected chi connectivity index (χ4v) is 3.82. The van der Waals surface area contributed by atoms with E-state index in [9.17, 15) is 4.79 Å². The summed E-state index contributed by atoms with van der Waals surface area (Å²) in [6.07, 6.45) is 28.9. The fraction of sp³-hybridized carbons (Fsp3) is 0.885. The third-order valence-electron chi connectivity index (χ3n) is 5.70. The quantitative estimate of drug-likeness (QED) is 0.104. The smallest absolute Gasteiger partial charge is 0.330 e. The molecule has 0 aliphatic heterocycles. The molecule has 166 valence electrons. The average molecular weight is 395 g/mol. The van der Waals surface area contributed by atoms with Crippen LogP contribution in [0.2, 0.25) is 0 Å². The van der Waals surface area contributed by atoms with Gasteiger partial charge in [-0.1, -0.05) is 129 Å². The van der Waals surface area contributed by atoms with Gasteiger partial charge in [0.15, 0.2) is 0 Å². The highest BCUT2D eigenvalue weighted by molar-refractivity contribution is 5.81. The molecular formula is C26H50O2. The number of esters is 1. The van der Waals surface area contributed by atoms with E-state index >= 15 is 0 Å². The summed E-state index contributed by atoms with van der Waals surface area (Å²) in [4.78, 5) is 11.1. The number of unbranched alkanes of at least 4 members (excludes halogenated alkanes) is 18. The maximum atomic E-state index is 11.1. The molecule has 28 heavy (non-hydrogen) atoms. The topological polar surface area (TPSA) is 26.3 Å². The molecule has 0 fully saturated rings. The summed E-state index contributed by atoms with van der Waals surface area (Å²) in [5.74, 6) is -0.301. The van der Waals surface area contributed by atoms with Gasteiger partial charge in [-0.15, -0.1) is 0 Å². The molecular weight excluding hydrogens is 344 g/mol. The van der Waals surface area contributed by atoms with Gasteiger partial charge >= 0.3 is 5.97 Å². The highest BCUT2D eigenvalue weighted by Gasteiger charge is 2.05. The molecule has 0 spiro atoms. The molecule has 0 radical (unpaired) electrons. The van der Waals surface area contributed by atoms with Gasteiger partial charge in [0.1, 0.15) is 0 Å². The molecule has 2 nitrogen and oxygen atoms in total. The molecule has 0 amide bonds. The lowest BCUT2D eigenvalue weighted by Gasteiger charge is -2.11. The number of hydrogen-bond acceptors (Lipinski definition) is 2. The standard InChI is InChI=1S/C26H50O2/c1-4-6-7-8-9-10-11-12-13-14-15-16-17-18-19-20-21-22-23-24-25(3)28-26(27)5-2/h5,25H,2,4,6-24H2,1,3H3. The van der Waals surface area contributed by atoms with Crippen LogP contribution in [0.4, 0.5) is 0 Å². The number of hydrogen-bond donors (Lipinski definition) is 0. The van der Waals surface area contributed by atoms with Crippen LogP contribution in [0.3, 0.4) is 0 Å². The van der Waals surface area contributed by atoms with Crippen molar-refractivity contribution >= 4 is 5.97 Å². The summed E-state index contributed by atoms with van der Waals surface area (Å²) >= 11 is 0. The second kappa shape index (κ2) is 22.5. The Kier molecular flexibility index (Phi) is 21.9. The summed E-state index contributed by atoms with van der Waals surface area (Å²) < 4.78 is 5.18. The first-order valence-electron chi connectivity index (χ1n) is 12.5. The van der Waals surface area contributed by atoms with E-state index in [-0.39, 0.29) is 12.1 Å². The van der Waals surface area contributed by atoms with Gasteiger partial charge in [-0.2, -0.15) is 0 Å². The molecule has 0 saturated carbocycles. The third-order valence-corrected chi connectivity index (χ3v) is 5.70. The average Bonchev–Trinajstić information content (AvgIpc) is 2.69. The lowest BCUT2D eigenvalue weighted by atomic mass is 10.0. The first kappa shape index (κ1) is 27.2. The molecule has 0 saturated heterocycles. The van der Waals surface area contributed by atoms with Crippen molar-refractivity contribution in [3.63, 3.8) is 0 Å². The molecule has 1 atom stereocenters. The van der Waals surface area contributed by atoms with E-state index in [2.05, 4.69) is 13.5 Å². The Morgan fingerprint density at radius 1 is 0.679 bits per heavy atom. The van der Waals surface area contributed by atoms with Crippen molar-refractivity contribution in [1.82, 2.24) is 0 Å². The summed E-state index contributed by atoms with van der Waals surface area (Å²) in [6, 6.07) is 0. The Balaban J connectivity index is 3.10. The molecule has 0 rings (SSSR count). The number of ether oxygens (including phenoxy) is 1. The van der Waals surface area contributed by atoms with Crippen LogP contribution in [0.15, 0.2) is 12.7 Å². The van der Waals surface area contributed by atoms with Gasteiger partial charge in [0.2, 0.25) is 0 Å². The molecule has 0 aliphatic rings. The van der Waals surface area contributed by atoms with Crippen molar-refractivity contribution in [1.29, 1.82) is 0 Å². The maximum absolute atomic E-state index is 11.1. The van der Waals surface area contributed by atoms with E-state index in [1.807, 2.05) is 6.92 Å². The van der Waals surface area contributed by atoms with E-state index in [0.29, 0.717) is 0 Å². The zero-order valence-electron chi connectivity index (χ0n) is 19.3. The zero-order chi connectivity index (χ0) is 20.7. The Labute approximate surface area is 176 Å².